The molecule has 0 spiro atoms. The van der Waals surface area contributed by atoms with Crippen molar-refractivity contribution in [1.82, 2.24) is 4.57 Å². The van der Waals surface area contributed by atoms with Crippen molar-refractivity contribution in [3.05, 3.63) is 66.5 Å². The van der Waals surface area contributed by atoms with E-state index in [4.69, 9.17) is 0 Å². The third-order valence-electron chi connectivity index (χ3n) is 4.18. The maximum Gasteiger partial charge on any atom is 0.762 e. The summed E-state index contributed by atoms with van der Waals surface area (Å²) in [6.07, 6.45) is 4.72. The second-order valence-electron chi connectivity index (χ2n) is 5.89. The second kappa shape index (κ2) is 10.6. The van der Waals surface area contributed by atoms with E-state index in [1.807, 2.05) is 0 Å². The van der Waals surface area contributed by atoms with E-state index in [1.54, 1.807) is 0 Å². The average molecular weight is 369 g/mol. The van der Waals surface area contributed by atoms with Crippen molar-refractivity contribution >= 4 is 18.6 Å². The van der Waals surface area contributed by atoms with E-state index in [9.17, 15) is 12.9 Å². The molecule has 1 atom stereocenters. The Morgan fingerprint density at radius 1 is 1.04 bits per heavy atom. The summed E-state index contributed by atoms with van der Waals surface area (Å²) in [5, 5.41) is 0. The van der Waals surface area contributed by atoms with Gasteiger partial charge in [-0.2, -0.15) is 0 Å². The summed E-state index contributed by atoms with van der Waals surface area (Å²) in [7, 11) is -3.67. The molecular weight excluding hydrogens is 343 g/mol. The smallest absolute Gasteiger partial charge is 0.762 e. The molecule has 0 fully saturated rings. The van der Waals surface area contributed by atoms with E-state index in [-0.39, 0.29) is 6.13 Å². The summed E-state index contributed by atoms with van der Waals surface area (Å²) in [5.74, 6) is 0. The van der Waals surface area contributed by atoms with E-state index < -0.39 is 7.54 Å². The van der Waals surface area contributed by atoms with Gasteiger partial charge in [0.15, 0.2) is 11.0 Å². The normalized spacial score (nSPS) is 11.3. The highest BCUT2D eigenvalue weighted by Crippen LogP contribution is 2.22. The Balaban J connectivity index is 0.00000103. The zero-order valence-corrected chi connectivity index (χ0v) is 15.0. The third-order valence-corrected chi connectivity index (χ3v) is 4.18. The molecule has 2 aromatic carbocycles. The highest BCUT2D eigenvalue weighted by atomic mass is 19.4. The molecule has 0 aliphatic heterocycles. The van der Waals surface area contributed by atoms with Crippen LogP contribution in [0.4, 0.5) is 12.9 Å². The Labute approximate surface area is 153 Å². The summed E-state index contributed by atoms with van der Waals surface area (Å²) < 4.78 is 33.8. The highest BCUT2D eigenvalue weighted by molar-refractivity contribution is 6.33. The highest BCUT2D eigenvalue weighted by Gasteiger charge is 2.20. The lowest BCUT2D eigenvalue weighted by Crippen LogP contribution is -3.00. The molecule has 0 amide bonds. The number of unbranched alkanes of at least 4 members (excludes halogenated alkanes) is 1. The van der Waals surface area contributed by atoms with Gasteiger partial charge in [-0.25, -0.2) is 9.13 Å². The zero-order chi connectivity index (χ0) is 18.2. The van der Waals surface area contributed by atoms with Crippen LogP contribution in [0, 0.1) is 0 Å². The molecule has 26 heavy (non-hydrogen) atoms. The lowest BCUT2D eigenvalue weighted by Gasteiger charge is -2.08. The van der Waals surface area contributed by atoms with Crippen molar-refractivity contribution in [3.63, 3.8) is 0 Å². The minimum absolute atomic E-state index is 0. The van der Waals surface area contributed by atoms with Gasteiger partial charge in [-0.3, -0.25) is 12.9 Å². The predicted octanol–water partition coefficient (Wildman–Crippen LogP) is 2.47. The van der Waals surface area contributed by atoms with Crippen molar-refractivity contribution in [2.75, 3.05) is 0 Å². The van der Waals surface area contributed by atoms with Gasteiger partial charge in [0.05, 0.1) is 6.54 Å². The minimum atomic E-state index is -3.67. The molecule has 0 aliphatic rings. The maximum atomic E-state index is 9.67. The van der Waals surface area contributed by atoms with Crippen LogP contribution < -0.4 is 9.27 Å². The maximum absolute atomic E-state index is 9.67. The van der Waals surface area contributed by atoms with Crippen LogP contribution in [0.2, 0.25) is 0 Å². The fourth-order valence-corrected chi connectivity index (χ4v) is 2.91. The predicted molar refractivity (Wildman–Crippen MR) is 98.5 cm³/mol. The van der Waals surface area contributed by atoms with E-state index in [0.717, 1.165) is 6.54 Å². The number of fused-ring (bicyclic) bond motifs is 1. The standard InChI is InChI=1S/C19H23N2.BF3.FH.H2/c1-3-4-14-20-15-21(19-13-9-8-12-18(19)20)16(2)17-10-6-5-7-11-17;2-1(3)4;;/h5-13,15-16H,3-4,14H2,1-2H3;;2*1H/q+1;;;/p-1/t16-;;;/m0.../s1/i;;;1+1. The van der Waals surface area contributed by atoms with E-state index in [0.29, 0.717) is 6.04 Å². The van der Waals surface area contributed by atoms with Gasteiger partial charge >= 0.3 is 7.54 Å². The molecule has 0 aliphatic carbocycles. The lowest BCUT2D eigenvalue weighted by molar-refractivity contribution is -0.672. The van der Waals surface area contributed by atoms with Crippen molar-refractivity contribution < 1.29 is 23.6 Å². The number of benzene rings is 2. The van der Waals surface area contributed by atoms with Gasteiger partial charge in [0.25, 0.3) is 0 Å². The van der Waals surface area contributed by atoms with Gasteiger partial charge in [0, 0.05) is 1.43 Å². The molecule has 2 nitrogen and oxygen atoms in total. The number of para-hydroxylation sites is 2. The van der Waals surface area contributed by atoms with Gasteiger partial charge in [0.1, 0.15) is 6.04 Å². The Hall–Kier alpha value is -2.31. The number of halogens is 4. The Bertz CT molecular complexity index is 781. The van der Waals surface area contributed by atoms with Crippen molar-refractivity contribution in [2.45, 2.75) is 39.3 Å². The molecule has 7 heteroatoms. The number of imidazole rings is 1. The molecule has 0 bridgehead atoms. The monoisotopic (exact) mass is 369 g/mol. The Kier molecular flexibility index (Phi) is 8.89. The van der Waals surface area contributed by atoms with Crippen LogP contribution in [-0.2, 0) is 6.54 Å². The first kappa shape index (κ1) is 21.7. The number of hydrogen-bond donors (Lipinski definition) is 0. The van der Waals surface area contributed by atoms with Gasteiger partial charge in [-0.1, -0.05) is 55.8 Å². The summed E-state index contributed by atoms with van der Waals surface area (Å²) in [4.78, 5) is 0. The Morgan fingerprint density at radius 2 is 1.62 bits per heavy atom. The molecule has 3 rings (SSSR count). The van der Waals surface area contributed by atoms with E-state index >= 15 is 0 Å². The van der Waals surface area contributed by atoms with Crippen LogP contribution >= 0.6 is 0 Å². The summed E-state index contributed by atoms with van der Waals surface area (Å²) in [6.45, 7) is 5.60. The van der Waals surface area contributed by atoms with Gasteiger partial charge in [-0.15, -0.1) is 0 Å². The van der Waals surface area contributed by atoms with Crippen LogP contribution in [-0.4, -0.2) is 12.1 Å². The largest absolute Gasteiger partial charge is 1.00 e. The molecule has 0 N–H and O–H groups in total. The first-order chi connectivity index (χ1) is 12.0. The molecule has 0 radical (unpaired) electrons. The molecule has 0 saturated heterocycles. The van der Waals surface area contributed by atoms with Gasteiger partial charge in [-0.05, 0) is 31.0 Å². The van der Waals surface area contributed by atoms with Crippen molar-refractivity contribution in [2.24, 2.45) is 0 Å². The van der Waals surface area contributed by atoms with E-state index in [2.05, 4.69) is 83.9 Å². The topological polar surface area (TPSA) is 8.81 Å². The lowest BCUT2D eigenvalue weighted by atomic mass is 10.1. The summed E-state index contributed by atoms with van der Waals surface area (Å²) >= 11 is 0. The van der Waals surface area contributed by atoms with Crippen LogP contribution in [0.5, 0.6) is 0 Å². The molecule has 0 unspecified atom stereocenters. The van der Waals surface area contributed by atoms with Crippen molar-refractivity contribution in [1.29, 1.82) is 0 Å². The first-order valence-corrected chi connectivity index (χ1v) is 8.50. The van der Waals surface area contributed by atoms with Crippen LogP contribution in [0.3, 0.4) is 0 Å². The van der Waals surface area contributed by atoms with E-state index in [1.165, 1.54) is 29.4 Å². The summed E-state index contributed by atoms with van der Waals surface area (Å²) in [5.41, 5.74) is 3.99. The molecule has 1 heterocycles. The van der Waals surface area contributed by atoms with Crippen LogP contribution in [0.15, 0.2) is 60.9 Å². The van der Waals surface area contributed by atoms with Crippen molar-refractivity contribution in [3.8, 4) is 0 Å². The molecule has 0 saturated carbocycles. The number of aromatic nitrogens is 2. The van der Waals surface area contributed by atoms with Crippen LogP contribution in [0.25, 0.3) is 11.0 Å². The molecule has 1 aromatic heterocycles. The molecular formula is C19H25BF4N2. The number of hydrogen-bond acceptors (Lipinski definition) is 0. The minimum Gasteiger partial charge on any atom is -1.00 e. The fraction of sp³-hybridized carbons (Fsp3) is 0.316. The second-order valence-corrected chi connectivity index (χ2v) is 5.89. The molecule has 3 aromatic rings. The summed E-state index contributed by atoms with van der Waals surface area (Å²) in [6, 6.07) is 19.8. The van der Waals surface area contributed by atoms with Gasteiger partial charge in [0.2, 0.25) is 6.33 Å². The quantitative estimate of drug-likeness (QED) is 0.371. The number of aryl methyl sites for hydroxylation is 1. The molecule has 142 valence electrons. The number of nitrogens with zero attached hydrogens (tertiary/aromatic N) is 2. The average Bonchev–Trinajstić information content (AvgIpc) is 2.98. The zero-order valence-electron chi connectivity index (χ0n) is 15.0. The SMILES string of the molecule is CCCC[n+]1cn([C@@H](C)c2ccccc2)c2ccccc21.FB(F)F.[2HH].[F-]. The van der Waals surface area contributed by atoms with Crippen LogP contribution in [0.1, 0.15) is 39.7 Å². The third kappa shape index (κ3) is 5.61. The Morgan fingerprint density at radius 3 is 2.23 bits per heavy atom. The first-order valence-electron chi connectivity index (χ1n) is 8.50. The fourth-order valence-electron chi connectivity index (χ4n) is 2.91. The van der Waals surface area contributed by atoms with Gasteiger partial charge < -0.3 is 4.70 Å². The number of rotatable bonds is 5.